The topological polar surface area (TPSA) is 86.8 Å². The molecule has 23 heavy (non-hydrogen) atoms. The standard InChI is InChI=1S/C15H19N3O4S/c1-2-23(21,22)18-7-5-17(6-8-18)15(20)11-3-4-13-12(9-11)10-14(19)16-13/h3-4,9H,2,5-8,10H2,1H3,(H,16,19). The van der Waals surface area contributed by atoms with Crippen molar-refractivity contribution in [2.24, 2.45) is 0 Å². The molecule has 0 spiro atoms. The molecule has 0 aliphatic carbocycles. The maximum absolute atomic E-state index is 12.6. The van der Waals surface area contributed by atoms with Gasteiger partial charge in [0.25, 0.3) is 5.91 Å². The first kappa shape index (κ1) is 15.9. The number of nitrogens with one attached hydrogen (secondary N) is 1. The van der Waals surface area contributed by atoms with Gasteiger partial charge in [0.15, 0.2) is 0 Å². The molecule has 1 aromatic rings. The SMILES string of the molecule is CCS(=O)(=O)N1CCN(C(=O)c2ccc3c(c2)CC(=O)N3)CC1. The quantitative estimate of drug-likeness (QED) is 0.859. The van der Waals surface area contributed by atoms with Crippen LogP contribution in [-0.2, 0) is 21.2 Å². The largest absolute Gasteiger partial charge is 0.336 e. The van der Waals surface area contributed by atoms with Crippen LogP contribution in [0, 0.1) is 0 Å². The van der Waals surface area contributed by atoms with E-state index in [1.165, 1.54) is 4.31 Å². The van der Waals surface area contributed by atoms with Crippen LogP contribution in [0.4, 0.5) is 5.69 Å². The van der Waals surface area contributed by atoms with Crippen molar-refractivity contribution in [3.63, 3.8) is 0 Å². The second-order valence-electron chi connectivity index (χ2n) is 5.69. The molecule has 1 saturated heterocycles. The number of hydrogen-bond donors (Lipinski definition) is 1. The summed E-state index contributed by atoms with van der Waals surface area (Å²) in [6.45, 7) is 3.03. The smallest absolute Gasteiger partial charge is 0.253 e. The lowest BCUT2D eigenvalue weighted by Gasteiger charge is -2.33. The van der Waals surface area contributed by atoms with Gasteiger partial charge in [0.2, 0.25) is 15.9 Å². The van der Waals surface area contributed by atoms with Crippen molar-refractivity contribution in [1.82, 2.24) is 9.21 Å². The minimum absolute atomic E-state index is 0.0667. The average molecular weight is 337 g/mol. The van der Waals surface area contributed by atoms with Gasteiger partial charge in [-0.1, -0.05) is 0 Å². The predicted octanol–water partition coefficient (Wildman–Crippen LogP) is 0.289. The van der Waals surface area contributed by atoms with E-state index in [1.54, 1.807) is 30.0 Å². The summed E-state index contributed by atoms with van der Waals surface area (Å²) in [5, 5.41) is 2.73. The number of hydrogen-bond acceptors (Lipinski definition) is 4. The number of carbonyl (C=O) groups excluding carboxylic acids is 2. The summed E-state index contributed by atoms with van der Waals surface area (Å²) in [6, 6.07) is 5.18. The molecule has 3 rings (SSSR count). The molecule has 1 fully saturated rings. The number of piperazine rings is 1. The van der Waals surface area contributed by atoms with Crippen molar-refractivity contribution in [3.05, 3.63) is 29.3 Å². The second kappa shape index (κ2) is 5.93. The molecule has 0 atom stereocenters. The fraction of sp³-hybridized carbons (Fsp3) is 0.467. The van der Waals surface area contributed by atoms with Gasteiger partial charge < -0.3 is 10.2 Å². The Balaban J connectivity index is 1.69. The third kappa shape index (κ3) is 3.09. The van der Waals surface area contributed by atoms with Gasteiger partial charge in [0, 0.05) is 37.4 Å². The lowest BCUT2D eigenvalue weighted by molar-refractivity contribution is -0.115. The van der Waals surface area contributed by atoms with E-state index >= 15 is 0 Å². The number of nitrogens with zero attached hydrogens (tertiary/aromatic N) is 2. The molecule has 2 amide bonds. The summed E-state index contributed by atoms with van der Waals surface area (Å²) >= 11 is 0. The Morgan fingerprint density at radius 2 is 1.91 bits per heavy atom. The molecule has 1 aromatic carbocycles. The van der Waals surface area contributed by atoms with Crippen molar-refractivity contribution in [1.29, 1.82) is 0 Å². The van der Waals surface area contributed by atoms with Crippen LogP contribution in [0.15, 0.2) is 18.2 Å². The molecule has 0 unspecified atom stereocenters. The monoisotopic (exact) mass is 337 g/mol. The number of anilines is 1. The summed E-state index contributed by atoms with van der Waals surface area (Å²) < 4.78 is 25.1. The van der Waals surface area contributed by atoms with Gasteiger partial charge in [-0.25, -0.2) is 8.42 Å². The highest BCUT2D eigenvalue weighted by atomic mass is 32.2. The van der Waals surface area contributed by atoms with Gasteiger partial charge in [-0.3, -0.25) is 9.59 Å². The first-order valence-electron chi connectivity index (χ1n) is 7.60. The van der Waals surface area contributed by atoms with Crippen LogP contribution in [-0.4, -0.2) is 61.4 Å². The van der Waals surface area contributed by atoms with Crippen LogP contribution >= 0.6 is 0 Å². The number of sulfonamides is 1. The second-order valence-corrected chi connectivity index (χ2v) is 7.95. The summed E-state index contributed by atoms with van der Waals surface area (Å²) in [4.78, 5) is 25.6. The molecule has 7 nitrogen and oxygen atoms in total. The Hall–Kier alpha value is -1.93. The van der Waals surface area contributed by atoms with Crippen LogP contribution in [0.3, 0.4) is 0 Å². The highest BCUT2D eigenvalue weighted by Gasteiger charge is 2.28. The molecule has 1 N–H and O–H groups in total. The number of amides is 2. The van der Waals surface area contributed by atoms with E-state index in [4.69, 9.17) is 0 Å². The summed E-state index contributed by atoms with van der Waals surface area (Å²) in [5.41, 5.74) is 2.12. The van der Waals surface area contributed by atoms with E-state index in [0.717, 1.165) is 11.3 Å². The molecular formula is C15H19N3O4S. The molecule has 0 radical (unpaired) electrons. The van der Waals surface area contributed by atoms with Crippen LogP contribution in [0.25, 0.3) is 0 Å². The fourth-order valence-electron chi connectivity index (χ4n) is 2.90. The number of fused-ring (bicyclic) bond motifs is 1. The molecule has 2 heterocycles. The minimum Gasteiger partial charge on any atom is -0.336 e. The van der Waals surface area contributed by atoms with Gasteiger partial charge in [-0.15, -0.1) is 0 Å². The average Bonchev–Trinajstić information content (AvgIpc) is 2.93. The van der Waals surface area contributed by atoms with Crippen molar-refractivity contribution in [3.8, 4) is 0 Å². The van der Waals surface area contributed by atoms with Gasteiger partial charge in [0.1, 0.15) is 0 Å². The van der Waals surface area contributed by atoms with E-state index < -0.39 is 10.0 Å². The van der Waals surface area contributed by atoms with E-state index in [-0.39, 0.29) is 17.6 Å². The normalized spacial score (nSPS) is 18.7. The third-order valence-electron chi connectivity index (χ3n) is 4.26. The van der Waals surface area contributed by atoms with Gasteiger partial charge in [-0.05, 0) is 30.7 Å². The Morgan fingerprint density at radius 3 is 2.57 bits per heavy atom. The highest BCUT2D eigenvalue weighted by Crippen LogP contribution is 2.24. The lowest BCUT2D eigenvalue weighted by atomic mass is 10.1. The molecule has 0 aromatic heterocycles. The zero-order valence-electron chi connectivity index (χ0n) is 12.9. The van der Waals surface area contributed by atoms with E-state index in [9.17, 15) is 18.0 Å². The van der Waals surface area contributed by atoms with Gasteiger partial charge in [0.05, 0.1) is 12.2 Å². The molecule has 0 bridgehead atoms. The Bertz CT molecular complexity index is 752. The van der Waals surface area contributed by atoms with Crippen molar-refractivity contribution in [2.75, 3.05) is 37.2 Å². The van der Waals surface area contributed by atoms with Crippen LogP contribution in [0.2, 0.25) is 0 Å². The first-order valence-corrected chi connectivity index (χ1v) is 9.21. The van der Waals surface area contributed by atoms with E-state index in [1.807, 2.05) is 0 Å². The summed E-state index contributed by atoms with van der Waals surface area (Å²) in [5.74, 6) is -0.115. The highest BCUT2D eigenvalue weighted by molar-refractivity contribution is 7.89. The maximum Gasteiger partial charge on any atom is 0.253 e. The molecule has 0 saturated carbocycles. The van der Waals surface area contributed by atoms with Crippen molar-refractivity contribution in [2.45, 2.75) is 13.3 Å². The Morgan fingerprint density at radius 1 is 1.22 bits per heavy atom. The summed E-state index contributed by atoms with van der Waals surface area (Å²) in [6.07, 6.45) is 0.291. The number of benzene rings is 1. The number of carbonyl (C=O) groups is 2. The first-order chi connectivity index (χ1) is 10.9. The van der Waals surface area contributed by atoms with Gasteiger partial charge in [-0.2, -0.15) is 4.31 Å². The predicted molar refractivity (Wildman–Crippen MR) is 85.7 cm³/mol. The third-order valence-corrected chi connectivity index (χ3v) is 6.14. The van der Waals surface area contributed by atoms with Crippen molar-refractivity contribution >= 4 is 27.5 Å². The Kier molecular flexibility index (Phi) is 4.11. The maximum atomic E-state index is 12.6. The Labute approximate surface area is 135 Å². The van der Waals surface area contributed by atoms with Crippen molar-refractivity contribution < 1.29 is 18.0 Å². The molecular weight excluding hydrogens is 318 g/mol. The summed E-state index contributed by atoms with van der Waals surface area (Å²) in [7, 11) is -3.20. The molecule has 2 aliphatic heterocycles. The number of rotatable bonds is 3. The molecule has 8 heteroatoms. The zero-order chi connectivity index (χ0) is 16.6. The zero-order valence-corrected chi connectivity index (χ0v) is 13.7. The fourth-order valence-corrected chi connectivity index (χ4v) is 3.98. The van der Waals surface area contributed by atoms with E-state index in [2.05, 4.69) is 5.32 Å². The van der Waals surface area contributed by atoms with E-state index in [0.29, 0.717) is 38.2 Å². The van der Waals surface area contributed by atoms with Gasteiger partial charge >= 0.3 is 0 Å². The molecule has 124 valence electrons. The lowest BCUT2D eigenvalue weighted by Crippen LogP contribution is -2.50. The van der Waals surface area contributed by atoms with Crippen LogP contribution < -0.4 is 5.32 Å². The van der Waals surface area contributed by atoms with Crippen LogP contribution in [0.5, 0.6) is 0 Å². The minimum atomic E-state index is -3.20. The van der Waals surface area contributed by atoms with Crippen LogP contribution in [0.1, 0.15) is 22.8 Å². The molecule has 2 aliphatic rings.